The Morgan fingerprint density at radius 1 is 1.13 bits per heavy atom. The van der Waals surface area contributed by atoms with Gasteiger partial charge in [-0.3, -0.25) is 24.2 Å². The van der Waals surface area contributed by atoms with Gasteiger partial charge < -0.3 is 20.3 Å². The van der Waals surface area contributed by atoms with Crippen molar-refractivity contribution in [3.05, 3.63) is 36.9 Å². The second kappa shape index (κ2) is 11.9. The summed E-state index contributed by atoms with van der Waals surface area (Å²) in [5.41, 5.74) is 0.619. The van der Waals surface area contributed by atoms with Gasteiger partial charge >= 0.3 is 0 Å². The number of methoxy groups -OCH3 is 1. The van der Waals surface area contributed by atoms with Crippen LogP contribution in [0.4, 0.5) is 5.69 Å². The van der Waals surface area contributed by atoms with E-state index in [-0.39, 0.29) is 30.8 Å². The summed E-state index contributed by atoms with van der Waals surface area (Å²) >= 11 is 0. The van der Waals surface area contributed by atoms with Crippen LogP contribution in [0.2, 0.25) is 0 Å². The Hall–Kier alpha value is -2.91. The van der Waals surface area contributed by atoms with Crippen LogP contribution in [0.3, 0.4) is 0 Å². The van der Waals surface area contributed by atoms with Gasteiger partial charge in [0.15, 0.2) is 0 Å². The summed E-state index contributed by atoms with van der Waals surface area (Å²) in [5.74, 6) is 0.234. The molecule has 1 aromatic rings. The Labute approximate surface area is 177 Å². The van der Waals surface area contributed by atoms with Crippen LogP contribution < -0.4 is 15.4 Å². The van der Waals surface area contributed by atoms with Crippen molar-refractivity contribution < 1.29 is 19.1 Å². The molecule has 0 aromatic heterocycles. The molecule has 0 spiro atoms. The zero-order valence-electron chi connectivity index (χ0n) is 17.7. The highest BCUT2D eigenvalue weighted by atomic mass is 16.5. The SMILES string of the molecule is C=CCNC(=O)CN1CCN(CC(=O)N(C)CC(=O)Nc2cccc(OC)c2)CC1. The molecule has 1 fully saturated rings. The molecule has 1 aromatic carbocycles. The zero-order valence-corrected chi connectivity index (χ0v) is 17.7. The number of rotatable bonds is 10. The number of nitrogens with one attached hydrogen (secondary N) is 2. The molecule has 0 radical (unpaired) electrons. The quantitative estimate of drug-likeness (QED) is 0.521. The number of hydrogen-bond donors (Lipinski definition) is 2. The summed E-state index contributed by atoms with van der Waals surface area (Å²) < 4.78 is 5.14. The number of piperazine rings is 1. The van der Waals surface area contributed by atoms with Crippen molar-refractivity contribution >= 4 is 23.4 Å². The first-order chi connectivity index (χ1) is 14.4. The molecule has 2 N–H and O–H groups in total. The van der Waals surface area contributed by atoms with Crippen molar-refractivity contribution in [2.24, 2.45) is 0 Å². The second-order valence-corrected chi connectivity index (χ2v) is 7.17. The lowest BCUT2D eigenvalue weighted by Gasteiger charge is -2.34. The van der Waals surface area contributed by atoms with Crippen LogP contribution in [0.25, 0.3) is 0 Å². The van der Waals surface area contributed by atoms with Crippen molar-refractivity contribution in [3.8, 4) is 5.75 Å². The van der Waals surface area contributed by atoms with Gasteiger partial charge in [-0.05, 0) is 12.1 Å². The number of carbonyl (C=O) groups is 3. The molecular formula is C21H31N5O4. The molecule has 1 aliphatic heterocycles. The number of ether oxygens (including phenoxy) is 1. The molecule has 164 valence electrons. The Balaban J connectivity index is 1.71. The molecule has 0 aliphatic carbocycles. The van der Waals surface area contributed by atoms with Gasteiger partial charge in [-0.1, -0.05) is 12.1 Å². The monoisotopic (exact) mass is 417 g/mol. The van der Waals surface area contributed by atoms with Crippen molar-refractivity contribution in [1.82, 2.24) is 20.0 Å². The highest BCUT2D eigenvalue weighted by Crippen LogP contribution is 2.16. The number of amides is 3. The van der Waals surface area contributed by atoms with E-state index in [0.29, 0.717) is 37.6 Å². The minimum Gasteiger partial charge on any atom is -0.497 e. The van der Waals surface area contributed by atoms with Crippen molar-refractivity contribution in [2.45, 2.75) is 0 Å². The molecule has 9 heteroatoms. The number of benzene rings is 1. The van der Waals surface area contributed by atoms with E-state index in [0.717, 1.165) is 13.1 Å². The summed E-state index contributed by atoms with van der Waals surface area (Å²) in [6, 6.07) is 7.06. The highest BCUT2D eigenvalue weighted by Gasteiger charge is 2.22. The van der Waals surface area contributed by atoms with Crippen LogP contribution in [-0.4, -0.2) is 98.9 Å². The van der Waals surface area contributed by atoms with E-state index in [9.17, 15) is 14.4 Å². The van der Waals surface area contributed by atoms with Gasteiger partial charge in [0.05, 0.1) is 26.7 Å². The molecule has 0 atom stereocenters. The van der Waals surface area contributed by atoms with Gasteiger partial charge in [0.1, 0.15) is 5.75 Å². The Morgan fingerprint density at radius 3 is 2.43 bits per heavy atom. The van der Waals surface area contributed by atoms with Gasteiger partial charge in [0.2, 0.25) is 17.7 Å². The van der Waals surface area contributed by atoms with Gasteiger partial charge in [-0.2, -0.15) is 0 Å². The maximum atomic E-state index is 12.5. The fraction of sp³-hybridized carbons (Fsp3) is 0.476. The van der Waals surface area contributed by atoms with Crippen LogP contribution in [0.5, 0.6) is 5.75 Å². The fourth-order valence-corrected chi connectivity index (χ4v) is 3.07. The summed E-state index contributed by atoms with van der Waals surface area (Å²) in [4.78, 5) is 42.0. The third-order valence-electron chi connectivity index (χ3n) is 4.79. The van der Waals surface area contributed by atoms with E-state index in [1.807, 2.05) is 4.90 Å². The first kappa shape index (κ1) is 23.4. The van der Waals surface area contributed by atoms with Crippen LogP contribution in [0.1, 0.15) is 0 Å². The predicted molar refractivity (Wildman–Crippen MR) is 115 cm³/mol. The third-order valence-corrected chi connectivity index (χ3v) is 4.79. The number of anilines is 1. The van der Waals surface area contributed by atoms with E-state index < -0.39 is 0 Å². The van der Waals surface area contributed by atoms with Crippen LogP contribution in [0.15, 0.2) is 36.9 Å². The first-order valence-electron chi connectivity index (χ1n) is 9.91. The summed E-state index contributed by atoms with van der Waals surface area (Å²) in [7, 11) is 3.18. The summed E-state index contributed by atoms with van der Waals surface area (Å²) in [5, 5.41) is 5.53. The molecule has 0 saturated carbocycles. The standard InChI is InChI=1S/C21H31N5O4/c1-4-8-22-19(27)15-25-9-11-26(12-10-25)16-21(29)24(2)14-20(28)23-17-6-5-7-18(13-17)30-3/h4-7,13H,1,8-12,14-16H2,2-3H3,(H,22,27)(H,23,28). The number of nitrogens with zero attached hydrogens (tertiary/aromatic N) is 3. The molecule has 2 rings (SSSR count). The third kappa shape index (κ3) is 7.84. The molecule has 3 amide bonds. The first-order valence-corrected chi connectivity index (χ1v) is 9.91. The minimum atomic E-state index is -0.269. The Bertz CT molecular complexity index is 747. The van der Waals surface area contributed by atoms with E-state index in [4.69, 9.17) is 4.74 Å². The van der Waals surface area contributed by atoms with Crippen LogP contribution >= 0.6 is 0 Å². The molecule has 0 unspecified atom stereocenters. The number of carbonyl (C=O) groups excluding carboxylic acids is 3. The number of likely N-dealkylation sites (N-methyl/N-ethyl adjacent to an activating group) is 1. The maximum Gasteiger partial charge on any atom is 0.243 e. The van der Waals surface area contributed by atoms with Crippen molar-refractivity contribution in [1.29, 1.82) is 0 Å². The van der Waals surface area contributed by atoms with E-state index in [1.54, 1.807) is 44.5 Å². The van der Waals surface area contributed by atoms with E-state index in [1.165, 1.54) is 4.90 Å². The second-order valence-electron chi connectivity index (χ2n) is 7.17. The van der Waals surface area contributed by atoms with Gasteiger partial charge in [0, 0.05) is 51.5 Å². The Kier molecular flexibility index (Phi) is 9.30. The van der Waals surface area contributed by atoms with Crippen LogP contribution in [-0.2, 0) is 14.4 Å². The minimum absolute atomic E-state index is 0.0267. The molecule has 30 heavy (non-hydrogen) atoms. The normalized spacial score (nSPS) is 14.6. The predicted octanol–water partition coefficient (Wildman–Crippen LogP) is 0.0119. The van der Waals surface area contributed by atoms with E-state index >= 15 is 0 Å². The number of hydrogen-bond acceptors (Lipinski definition) is 6. The lowest BCUT2D eigenvalue weighted by atomic mass is 10.3. The molecule has 9 nitrogen and oxygen atoms in total. The van der Waals surface area contributed by atoms with Crippen molar-refractivity contribution in [2.75, 3.05) is 71.8 Å². The fourth-order valence-electron chi connectivity index (χ4n) is 3.07. The Morgan fingerprint density at radius 2 is 1.80 bits per heavy atom. The zero-order chi connectivity index (χ0) is 21.9. The largest absolute Gasteiger partial charge is 0.497 e. The lowest BCUT2D eigenvalue weighted by molar-refractivity contribution is -0.134. The average molecular weight is 418 g/mol. The van der Waals surface area contributed by atoms with Gasteiger partial charge in [0.25, 0.3) is 0 Å². The molecule has 0 bridgehead atoms. The van der Waals surface area contributed by atoms with Gasteiger partial charge in [-0.15, -0.1) is 6.58 Å². The molecular weight excluding hydrogens is 386 g/mol. The molecule has 1 heterocycles. The molecule has 1 saturated heterocycles. The molecule has 1 aliphatic rings. The van der Waals surface area contributed by atoms with Crippen LogP contribution in [0, 0.1) is 0 Å². The van der Waals surface area contributed by atoms with Gasteiger partial charge in [-0.25, -0.2) is 0 Å². The maximum absolute atomic E-state index is 12.5. The topological polar surface area (TPSA) is 94.2 Å². The summed E-state index contributed by atoms with van der Waals surface area (Å²) in [6.45, 7) is 7.44. The lowest BCUT2D eigenvalue weighted by Crippen LogP contribution is -2.52. The smallest absolute Gasteiger partial charge is 0.243 e. The van der Waals surface area contributed by atoms with E-state index in [2.05, 4.69) is 22.1 Å². The summed E-state index contributed by atoms with van der Waals surface area (Å²) in [6.07, 6.45) is 1.65. The average Bonchev–Trinajstić information content (AvgIpc) is 2.73. The van der Waals surface area contributed by atoms with Crippen molar-refractivity contribution in [3.63, 3.8) is 0 Å². The highest BCUT2D eigenvalue weighted by molar-refractivity contribution is 5.94.